The summed E-state index contributed by atoms with van der Waals surface area (Å²) >= 11 is 0. The summed E-state index contributed by atoms with van der Waals surface area (Å²) in [6.45, 7) is 9.37. The molecule has 0 spiro atoms. The fourth-order valence-electron chi connectivity index (χ4n) is 2.59. The summed E-state index contributed by atoms with van der Waals surface area (Å²) < 4.78 is 0. The zero-order valence-electron chi connectivity index (χ0n) is 11.7. The van der Waals surface area contributed by atoms with Gasteiger partial charge in [0.25, 0.3) is 0 Å². The van der Waals surface area contributed by atoms with Gasteiger partial charge in [0, 0.05) is 25.6 Å². The monoisotopic (exact) mass is 240 g/mol. The first-order valence-electron chi connectivity index (χ1n) is 7.22. The molecular weight excluding hydrogens is 212 g/mol. The number of amides is 1. The van der Waals surface area contributed by atoms with Crippen LogP contribution >= 0.6 is 0 Å². The number of rotatable bonds is 6. The van der Waals surface area contributed by atoms with Gasteiger partial charge in [0.15, 0.2) is 0 Å². The lowest BCUT2D eigenvalue weighted by molar-refractivity contribution is -0.131. The molecule has 1 amide bonds. The van der Waals surface area contributed by atoms with Crippen LogP contribution in [0.1, 0.15) is 52.9 Å². The minimum atomic E-state index is 0.359. The molecule has 1 aliphatic rings. The van der Waals surface area contributed by atoms with E-state index < -0.39 is 0 Å². The molecule has 17 heavy (non-hydrogen) atoms. The van der Waals surface area contributed by atoms with E-state index in [0.717, 1.165) is 44.8 Å². The fourth-order valence-corrected chi connectivity index (χ4v) is 2.59. The second-order valence-corrected chi connectivity index (χ2v) is 5.10. The number of likely N-dealkylation sites (N-methyl/N-ethyl adjacent to an activating group) is 1. The van der Waals surface area contributed by atoms with Crippen LogP contribution in [-0.2, 0) is 4.79 Å². The van der Waals surface area contributed by atoms with Crippen LogP contribution in [0.25, 0.3) is 0 Å². The van der Waals surface area contributed by atoms with Crippen LogP contribution in [0.15, 0.2) is 0 Å². The molecule has 1 saturated heterocycles. The van der Waals surface area contributed by atoms with Crippen molar-refractivity contribution >= 4 is 5.91 Å². The largest absolute Gasteiger partial charge is 0.341 e. The number of hydrogen-bond acceptors (Lipinski definition) is 2. The van der Waals surface area contributed by atoms with Gasteiger partial charge in [-0.05, 0) is 31.7 Å². The maximum Gasteiger partial charge on any atom is 0.222 e. The highest BCUT2D eigenvalue weighted by molar-refractivity contribution is 5.76. The Morgan fingerprint density at radius 3 is 2.71 bits per heavy atom. The highest BCUT2D eigenvalue weighted by atomic mass is 16.2. The molecule has 0 radical (unpaired) electrons. The summed E-state index contributed by atoms with van der Waals surface area (Å²) in [5.74, 6) is 1.11. The van der Waals surface area contributed by atoms with Gasteiger partial charge in [0.05, 0.1) is 0 Å². The summed E-state index contributed by atoms with van der Waals surface area (Å²) in [5, 5.41) is 3.45. The Labute approximate surface area is 106 Å². The van der Waals surface area contributed by atoms with Crippen molar-refractivity contribution in [1.82, 2.24) is 10.2 Å². The Morgan fingerprint density at radius 2 is 2.12 bits per heavy atom. The van der Waals surface area contributed by atoms with Crippen LogP contribution in [-0.4, -0.2) is 36.5 Å². The normalized spacial score (nSPS) is 23.6. The van der Waals surface area contributed by atoms with E-state index in [9.17, 15) is 4.79 Å². The molecule has 1 N–H and O–H groups in total. The van der Waals surface area contributed by atoms with Crippen molar-refractivity contribution in [1.29, 1.82) is 0 Å². The number of carbonyl (C=O) groups is 1. The van der Waals surface area contributed by atoms with Gasteiger partial charge in [-0.15, -0.1) is 0 Å². The van der Waals surface area contributed by atoms with Gasteiger partial charge in [0.1, 0.15) is 0 Å². The maximum atomic E-state index is 12.0. The quantitative estimate of drug-likeness (QED) is 0.773. The van der Waals surface area contributed by atoms with Crippen molar-refractivity contribution in [3.05, 3.63) is 0 Å². The standard InChI is InChI=1S/C14H28N2O/c1-4-12-7-8-14(17)16(10-9-12)11-13(5-2)15-6-3/h12-13,15H,4-11H2,1-3H3. The molecule has 1 rings (SSSR count). The first kappa shape index (κ1) is 14.5. The molecule has 1 heterocycles. The molecule has 2 atom stereocenters. The Hall–Kier alpha value is -0.570. The van der Waals surface area contributed by atoms with Gasteiger partial charge in [-0.25, -0.2) is 0 Å². The molecule has 0 bridgehead atoms. The van der Waals surface area contributed by atoms with Gasteiger partial charge >= 0.3 is 0 Å². The van der Waals surface area contributed by atoms with Crippen molar-refractivity contribution in [2.75, 3.05) is 19.6 Å². The van der Waals surface area contributed by atoms with Gasteiger partial charge in [-0.3, -0.25) is 4.79 Å². The van der Waals surface area contributed by atoms with E-state index in [4.69, 9.17) is 0 Å². The van der Waals surface area contributed by atoms with Crippen LogP contribution < -0.4 is 5.32 Å². The van der Waals surface area contributed by atoms with Crippen LogP contribution in [0.2, 0.25) is 0 Å². The van der Waals surface area contributed by atoms with E-state index in [1.54, 1.807) is 0 Å². The van der Waals surface area contributed by atoms with E-state index in [1.165, 1.54) is 12.8 Å². The Bertz CT molecular complexity index is 230. The Balaban J connectivity index is 2.48. The summed E-state index contributed by atoms with van der Waals surface area (Å²) in [5.41, 5.74) is 0. The van der Waals surface area contributed by atoms with Crippen LogP contribution in [0.5, 0.6) is 0 Å². The summed E-state index contributed by atoms with van der Waals surface area (Å²) in [6, 6.07) is 0.460. The van der Waals surface area contributed by atoms with Crippen molar-refractivity contribution in [3.8, 4) is 0 Å². The van der Waals surface area contributed by atoms with E-state index >= 15 is 0 Å². The molecular formula is C14H28N2O. The molecule has 2 unspecified atom stereocenters. The second-order valence-electron chi connectivity index (χ2n) is 5.10. The van der Waals surface area contributed by atoms with Gasteiger partial charge in [-0.2, -0.15) is 0 Å². The Kier molecular flexibility index (Phi) is 6.56. The lowest BCUT2D eigenvalue weighted by atomic mass is 9.98. The molecule has 3 nitrogen and oxygen atoms in total. The molecule has 0 aromatic carbocycles. The lowest BCUT2D eigenvalue weighted by Crippen LogP contribution is -2.43. The van der Waals surface area contributed by atoms with Crippen LogP contribution in [0.4, 0.5) is 0 Å². The van der Waals surface area contributed by atoms with Crippen molar-refractivity contribution in [2.24, 2.45) is 5.92 Å². The molecule has 1 fully saturated rings. The van der Waals surface area contributed by atoms with Crippen molar-refractivity contribution in [3.63, 3.8) is 0 Å². The van der Waals surface area contributed by atoms with E-state index in [0.29, 0.717) is 11.9 Å². The molecule has 3 heteroatoms. The van der Waals surface area contributed by atoms with Gasteiger partial charge in [-0.1, -0.05) is 27.2 Å². The maximum absolute atomic E-state index is 12.0. The molecule has 100 valence electrons. The predicted octanol–water partition coefficient (Wildman–Crippen LogP) is 2.41. The predicted molar refractivity (Wildman–Crippen MR) is 72.0 cm³/mol. The van der Waals surface area contributed by atoms with E-state index in [2.05, 4.69) is 31.0 Å². The molecule has 0 saturated carbocycles. The first-order valence-corrected chi connectivity index (χ1v) is 7.22. The fraction of sp³-hybridized carbons (Fsp3) is 0.929. The minimum Gasteiger partial charge on any atom is -0.341 e. The number of carbonyl (C=O) groups excluding carboxylic acids is 1. The highest BCUT2D eigenvalue weighted by Crippen LogP contribution is 2.21. The van der Waals surface area contributed by atoms with Gasteiger partial charge < -0.3 is 10.2 Å². The third-order valence-electron chi connectivity index (χ3n) is 3.93. The van der Waals surface area contributed by atoms with Gasteiger partial charge in [0.2, 0.25) is 5.91 Å². The molecule has 0 aliphatic carbocycles. The number of likely N-dealkylation sites (tertiary alicyclic amines) is 1. The van der Waals surface area contributed by atoms with Crippen molar-refractivity contribution in [2.45, 2.75) is 58.9 Å². The first-order chi connectivity index (χ1) is 8.21. The molecule has 0 aromatic heterocycles. The number of nitrogens with zero attached hydrogens (tertiary/aromatic N) is 1. The second kappa shape index (κ2) is 7.70. The third kappa shape index (κ3) is 4.66. The third-order valence-corrected chi connectivity index (χ3v) is 3.93. The van der Waals surface area contributed by atoms with E-state index in [-0.39, 0.29) is 0 Å². The average Bonchev–Trinajstić information content (AvgIpc) is 2.52. The van der Waals surface area contributed by atoms with Crippen LogP contribution in [0.3, 0.4) is 0 Å². The van der Waals surface area contributed by atoms with E-state index in [1.807, 2.05) is 0 Å². The van der Waals surface area contributed by atoms with Crippen molar-refractivity contribution < 1.29 is 4.79 Å². The molecule has 1 aliphatic heterocycles. The minimum absolute atomic E-state index is 0.359. The average molecular weight is 240 g/mol. The summed E-state index contributed by atoms with van der Waals surface area (Å²) in [7, 11) is 0. The summed E-state index contributed by atoms with van der Waals surface area (Å²) in [4.78, 5) is 14.1. The topological polar surface area (TPSA) is 32.3 Å². The number of hydrogen-bond donors (Lipinski definition) is 1. The highest BCUT2D eigenvalue weighted by Gasteiger charge is 2.23. The smallest absolute Gasteiger partial charge is 0.222 e. The lowest BCUT2D eigenvalue weighted by Gasteiger charge is -2.26. The zero-order chi connectivity index (χ0) is 12.7. The molecule has 0 aromatic rings. The van der Waals surface area contributed by atoms with Crippen LogP contribution in [0, 0.1) is 5.92 Å². The Morgan fingerprint density at radius 1 is 1.35 bits per heavy atom. The number of nitrogens with one attached hydrogen (secondary N) is 1. The SMILES string of the molecule is CCNC(CC)CN1CCC(CC)CCC1=O. The summed E-state index contributed by atoms with van der Waals surface area (Å²) in [6.07, 6.45) is 5.33. The zero-order valence-corrected chi connectivity index (χ0v) is 11.7.